The van der Waals surface area contributed by atoms with Crippen molar-refractivity contribution in [3.8, 4) is 0 Å². The molecule has 3 aliphatic rings. The minimum Gasteiger partial charge on any atom is -0.353 e. The number of carbonyl (C=O) groups is 1. The third kappa shape index (κ3) is 4.17. The summed E-state index contributed by atoms with van der Waals surface area (Å²) in [6.07, 6.45) is 8.43. The van der Waals surface area contributed by atoms with Crippen LogP contribution >= 0.6 is 11.3 Å². The molecule has 5 rings (SSSR count). The van der Waals surface area contributed by atoms with Crippen LogP contribution in [0.3, 0.4) is 0 Å². The van der Waals surface area contributed by atoms with Crippen LogP contribution in [0, 0.1) is 6.92 Å². The fourth-order valence-electron chi connectivity index (χ4n) is 5.39. The third-order valence-electron chi connectivity index (χ3n) is 7.40. The zero-order valence-electron chi connectivity index (χ0n) is 18.8. The van der Waals surface area contributed by atoms with Gasteiger partial charge < -0.3 is 14.7 Å². The van der Waals surface area contributed by atoms with Crippen molar-refractivity contribution in [1.29, 1.82) is 0 Å². The summed E-state index contributed by atoms with van der Waals surface area (Å²) >= 11 is 1.54. The molecule has 1 amide bonds. The van der Waals surface area contributed by atoms with E-state index in [1.165, 1.54) is 32.1 Å². The fourth-order valence-corrected chi connectivity index (χ4v) is 6.51. The van der Waals surface area contributed by atoms with Gasteiger partial charge in [0, 0.05) is 58.4 Å². The summed E-state index contributed by atoms with van der Waals surface area (Å²) in [4.78, 5) is 33.8. The molecule has 1 saturated carbocycles. The molecule has 0 bridgehead atoms. The molecule has 0 radical (unpaired) electrons. The minimum absolute atomic E-state index is 0.174. The highest BCUT2D eigenvalue weighted by Crippen LogP contribution is 2.36. The van der Waals surface area contributed by atoms with Gasteiger partial charge in [0.05, 0.1) is 10.3 Å². The largest absolute Gasteiger partial charge is 0.353 e. The predicted octanol–water partition coefficient (Wildman–Crippen LogP) is 2.84. The number of rotatable bonds is 3. The minimum atomic E-state index is 0.174. The number of likely N-dealkylation sites (N-methyl/N-ethyl adjacent to an activating group) is 1. The van der Waals surface area contributed by atoms with Crippen LogP contribution in [0.1, 0.15) is 47.3 Å². The van der Waals surface area contributed by atoms with Crippen molar-refractivity contribution in [2.75, 3.05) is 64.3 Å². The van der Waals surface area contributed by atoms with Gasteiger partial charge in [-0.15, -0.1) is 11.3 Å². The number of nitrogens with zero attached hydrogens (tertiary/aromatic N) is 6. The number of aryl methyl sites for hydroxylation is 1. The number of amides is 1. The van der Waals surface area contributed by atoms with Gasteiger partial charge in [0.1, 0.15) is 17.0 Å². The Morgan fingerprint density at radius 1 is 0.968 bits per heavy atom. The zero-order valence-corrected chi connectivity index (χ0v) is 19.7. The van der Waals surface area contributed by atoms with Gasteiger partial charge in [-0.05, 0) is 32.4 Å². The SMILES string of the molecule is Cc1c(C(=O)N2CCN(C3CCCCC3)CC2)sc2ncnc(N3CCN(C)CC3)c12. The van der Waals surface area contributed by atoms with Crippen molar-refractivity contribution in [2.45, 2.75) is 45.1 Å². The smallest absolute Gasteiger partial charge is 0.264 e. The average Bonchev–Trinajstić information content (AvgIpc) is 3.16. The van der Waals surface area contributed by atoms with Crippen LogP contribution in [-0.2, 0) is 0 Å². The summed E-state index contributed by atoms with van der Waals surface area (Å²) in [6, 6.07) is 0.735. The van der Waals surface area contributed by atoms with Crippen molar-refractivity contribution in [3.05, 3.63) is 16.8 Å². The number of fused-ring (bicyclic) bond motifs is 1. The topological polar surface area (TPSA) is 55.8 Å². The van der Waals surface area contributed by atoms with Gasteiger partial charge in [0.25, 0.3) is 5.91 Å². The zero-order chi connectivity index (χ0) is 21.4. The highest BCUT2D eigenvalue weighted by Gasteiger charge is 2.30. The number of carbonyl (C=O) groups excluding carboxylic acids is 1. The molecule has 0 N–H and O–H groups in total. The van der Waals surface area contributed by atoms with E-state index in [1.807, 2.05) is 0 Å². The summed E-state index contributed by atoms with van der Waals surface area (Å²) in [5.74, 6) is 1.17. The first kappa shape index (κ1) is 21.1. The highest BCUT2D eigenvalue weighted by molar-refractivity contribution is 7.20. The van der Waals surface area contributed by atoms with Crippen LogP contribution in [0.4, 0.5) is 5.82 Å². The van der Waals surface area contributed by atoms with Gasteiger partial charge in [-0.2, -0.15) is 0 Å². The molecule has 8 heteroatoms. The van der Waals surface area contributed by atoms with E-state index in [0.29, 0.717) is 0 Å². The number of thiophene rings is 1. The van der Waals surface area contributed by atoms with Crippen LogP contribution in [0.2, 0.25) is 0 Å². The Morgan fingerprint density at radius 3 is 2.39 bits per heavy atom. The Morgan fingerprint density at radius 2 is 1.68 bits per heavy atom. The summed E-state index contributed by atoms with van der Waals surface area (Å²) in [6.45, 7) is 9.75. The molecule has 31 heavy (non-hydrogen) atoms. The molecule has 2 saturated heterocycles. The summed E-state index contributed by atoms with van der Waals surface area (Å²) in [7, 11) is 2.16. The highest BCUT2D eigenvalue weighted by atomic mass is 32.1. The molecule has 1 aliphatic carbocycles. The van der Waals surface area contributed by atoms with Crippen molar-refractivity contribution < 1.29 is 4.79 Å². The van der Waals surface area contributed by atoms with Gasteiger partial charge >= 0.3 is 0 Å². The lowest BCUT2D eigenvalue weighted by Gasteiger charge is -2.40. The van der Waals surface area contributed by atoms with Crippen molar-refractivity contribution >= 4 is 33.3 Å². The lowest BCUT2D eigenvalue weighted by Crippen LogP contribution is -2.52. The molecular formula is C23H34N6OS. The monoisotopic (exact) mass is 442 g/mol. The first-order valence-corrected chi connectivity index (χ1v) is 12.6. The van der Waals surface area contributed by atoms with E-state index in [1.54, 1.807) is 17.7 Å². The second-order valence-electron chi connectivity index (χ2n) is 9.34. The Balaban J connectivity index is 1.33. The molecule has 2 aliphatic heterocycles. The molecule has 4 heterocycles. The van der Waals surface area contributed by atoms with Gasteiger partial charge in [0.2, 0.25) is 0 Å². The molecule has 7 nitrogen and oxygen atoms in total. The number of hydrogen-bond donors (Lipinski definition) is 0. The number of aromatic nitrogens is 2. The molecule has 0 atom stereocenters. The Bertz CT molecular complexity index is 924. The molecule has 3 fully saturated rings. The molecule has 0 aromatic carbocycles. The summed E-state index contributed by atoms with van der Waals surface area (Å²) in [5, 5.41) is 1.07. The van der Waals surface area contributed by atoms with Crippen molar-refractivity contribution in [1.82, 2.24) is 24.7 Å². The van der Waals surface area contributed by atoms with Crippen LogP contribution in [-0.4, -0.2) is 96.0 Å². The van der Waals surface area contributed by atoms with Crippen LogP contribution < -0.4 is 4.90 Å². The van der Waals surface area contributed by atoms with Gasteiger partial charge in [0.15, 0.2) is 0 Å². The molecule has 2 aromatic heterocycles. The van der Waals surface area contributed by atoms with Gasteiger partial charge in [-0.25, -0.2) is 9.97 Å². The molecule has 0 unspecified atom stereocenters. The standard InChI is InChI=1S/C23H34N6OS/c1-17-19-21(28-10-8-26(2)9-11-28)24-16-25-22(19)31-20(17)23(30)29-14-12-27(13-15-29)18-6-4-3-5-7-18/h16,18H,3-15H2,1-2H3. The van der Waals surface area contributed by atoms with E-state index >= 15 is 0 Å². The quantitative estimate of drug-likeness (QED) is 0.729. The normalized spacial score (nSPS) is 22.4. The Labute approximate surface area is 189 Å². The molecule has 168 valence electrons. The lowest BCUT2D eigenvalue weighted by atomic mass is 9.94. The van der Waals surface area contributed by atoms with Gasteiger partial charge in [-0.1, -0.05) is 19.3 Å². The van der Waals surface area contributed by atoms with Crippen LogP contribution in [0.15, 0.2) is 6.33 Å². The lowest BCUT2D eigenvalue weighted by molar-refractivity contribution is 0.0527. The van der Waals surface area contributed by atoms with Crippen molar-refractivity contribution in [3.63, 3.8) is 0 Å². The van der Waals surface area contributed by atoms with E-state index in [2.05, 4.69) is 43.5 Å². The predicted molar refractivity (Wildman–Crippen MR) is 126 cm³/mol. The fraction of sp³-hybridized carbons (Fsp3) is 0.696. The Hall–Kier alpha value is -1.77. The van der Waals surface area contributed by atoms with E-state index in [9.17, 15) is 4.79 Å². The van der Waals surface area contributed by atoms with Crippen LogP contribution in [0.5, 0.6) is 0 Å². The van der Waals surface area contributed by atoms with Crippen molar-refractivity contribution in [2.24, 2.45) is 0 Å². The number of hydrogen-bond acceptors (Lipinski definition) is 7. The third-order valence-corrected chi connectivity index (χ3v) is 8.58. The first-order valence-electron chi connectivity index (χ1n) is 11.8. The molecular weight excluding hydrogens is 408 g/mol. The van der Waals surface area contributed by atoms with Gasteiger partial charge in [-0.3, -0.25) is 9.69 Å². The van der Waals surface area contributed by atoms with E-state index in [0.717, 1.165) is 84.9 Å². The van der Waals surface area contributed by atoms with E-state index < -0.39 is 0 Å². The molecule has 2 aromatic rings. The Kier molecular flexibility index (Phi) is 6.12. The molecule has 0 spiro atoms. The average molecular weight is 443 g/mol. The van der Waals surface area contributed by atoms with E-state index in [4.69, 9.17) is 0 Å². The summed E-state index contributed by atoms with van der Waals surface area (Å²) in [5.41, 5.74) is 1.05. The van der Waals surface area contributed by atoms with Crippen LogP contribution in [0.25, 0.3) is 10.2 Å². The number of piperazine rings is 2. The second-order valence-corrected chi connectivity index (χ2v) is 10.3. The van der Waals surface area contributed by atoms with E-state index in [-0.39, 0.29) is 5.91 Å². The summed E-state index contributed by atoms with van der Waals surface area (Å²) < 4.78 is 0. The first-order chi connectivity index (χ1) is 15.1. The maximum absolute atomic E-state index is 13.5. The maximum Gasteiger partial charge on any atom is 0.264 e. The maximum atomic E-state index is 13.5. The second kappa shape index (κ2) is 9.00. The number of anilines is 1.